The van der Waals surface area contributed by atoms with E-state index in [1.165, 1.54) is 5.56 Å². The molecule has 0 aliphatic rings. The van der Waals surface area contributed by atoms with E-state index in [0.29, 0.717) is 6.54 Å². The van der Waals surface area contributed by atoms with Crippen LogP contribution in [0.15, 0.2) is 16.8 Å². The van der Waals surface area contributed by atoms with Crippen LogP contribution in [0.4, 0.5) is 4.79 Å². The van der Waals surface area contributed by atoms with Crippen molar-refractivity contribution in [3.05, 3.63) is 22.4 Å². The Kier molecular flexibility index (Phi) is 6.31. The predicted molar refractivity (Wildman–Crippen MR) is 77.5 cm³/mol. The summed E-state index contributed by atoms with van der Waals surface area (Å²) >= 11 is 1.67. The normalized spacial score (nSPS) is 13.1. The first-order chi connectivity index (χ1) is 8.90. The third kappa shape index (κ3) is 7.18. The van der Waals surface area contributed by atoms with Crippen LogP contribution in [0, 0.1) is 5.92 Å². The fourth-order valence-corrected chi connectivity index (χ4v) is 2.31. The van der Waals surface area contributed by atoms with Gasteiger partial charge in [0.2, 0.25) is 0 Å². The third-order valence-electron chi connectivity index (χ3n) is 2.61. The molecule has 1 unspecified atom stereocenters. The smallest absolute Gasteiger partial charge is 0.407 e. The lowest BCUT2D eigenvalue weighted by Crippen LogP contribution is -2.36. The highest BCUT2D eigenvalue weighted by Gasteiger charge is 2.17. The molecule has 0 spiro atoms. The van der Waals surface area contributed by atoms with E-state index in [1.54, 1.807) is 11.3 Å². The highest BCUT2D eigenvalue weighted by Crippen LogP contribution is 2.12. The largest absolute Gasteiger partial charge is 0.444 e. The molecule has 0 fully saturated rings. The van der Waals surface area contributed by atoms with Gasteiger partial charge in [-0.05, 0) is 61.9 Å². The Labute approximate surface area is 118 Å². The average Bonchev–Trinajstić information content (AvgIpc) is 2.80. The van der Waals surface area contributed by atoms with Gasteiger partial charge in [0.1, 0.15) is 5.60 Å². The van der Waals surface area contributed by atoms with E-state index >= 15 is 0 Å². The Bertz CT molecular complexity index is 371. The van der Waals surface area contributed by atoms with Crippen molar-refractivity contribution in [2.45, 2.75) is 39.2 Å². The SMILES string of the molecule is CC(C)(C)OC(=O)NCC(CO)CCc1ccsc1. The molecule has 1 rings (SSSR count). The average molecular weight is 285 g/mol. The number of aliphatic hydroxyl groups is 1. The van der Waals surface area contributed by atoms with Gasteiger partial charge in [-0.15, -0.1) is 0 Å². The van der Waals surface area contributed by atoms with Gasteiger partial charge in [0, 0.05) is 13.2 Å². The summed E-state index contributed by atoms with van der Waals surface area (Å²) < 4.78 is 5.15. The zero-order valence-electron chi connectivity index (χ0n) is 11.8. The van der Waals surface area contributed by atoms with Crippen molar-refractivity contribution in [1.82, 2.24) is 5.32 Å². The number of carbonyl (C=O) groups excluding carboxylic acids is 1. The lowest BCUT2D eigenvalue weighted by Gasteiger charge is -2.21. The number of carbonyl (C=O) groups is 1. The fraction of sp³-hybridized carbons (Fsp3) is 0.643. The molecule has 1 aromatic heterocycles. The molecule has 0 bridgehead atoms. The lowest BCUT2D eigenvalue weighted by molar-refractivity contribution is 0.0511. The zero-order valence-corrected chi connectivity index (χ0v) is 12.6. The first kappa shape index (κ1) is 16.0. The number of nitrogens with one attached hydrogen (secondary N) is 1. The van der Waals surface area contributed by atoms with Crippen LogP contribution in [-0.4, -0.2) is 30.0 Å². The minimum atomic E-state index is -0.491. The van der Waals surface area contributed by atoms with E-state index in [1.807, 2.05) is 26.2 Å². The first-order valence-electron chi connectivity index (χ1n) is 6.49. The highest BCUT2D eigenvalue weighted by atomic mass is 32.1. The Morgan fingerprint density at radius 1 is 1.53 bits per heavy atom. The number of hydrogen-bond donors (Lipinski definition) is 2. The van der Waals surface area contributed by atoms with Crippen LogP contribution in [-0.2, 0) is 11.2 Å². The summed E-state index contributed by atoms with van der Waals surface area (Å²) in [6.45, 7) is 5.99. The monoisotopic (exact) mass is 285 g/mol. The molecule has 2 N–H and O–H groups in total. The minimum absolute atomic E-state index is 0.0624. The summed E-state index contributed by atoms with van der Waals surface area (Å²) in [7, 11) is 0. The van der Waals surface area contributed by atoms with Crippen LogP contribution in [0.3, 0.4) is 0 Å². The van der Waals surface area contributed by atoms with Gasteiger partial charge in [-0.2, -0.15) is 11.3 Å². The zero-order chi connectivity index (χ0) is 14.3. The molecule has 5 heteroatoms. The molecule has 0 saturated heterocycles. The van der Waals surface area contributed by atoms with E-state index < -0.39 is 11.7 Å². The van der Waals surface area contributed by atoms with Crippen molar-refractivity contribution < 1.29 is 14.6 Å². The van der Waals surface area contributed by atoms with E-state index in [4.69, 9.17) is 4.74 Å². The summed E-state index contributed by atoms with van der Waals surface area (Å²) in [6.07, 6.45) is 1.34. The maximum Gasteiger partial charge on any atom is 0.407 e. The summed E-state index contributed by atoms with van der Waals surface area (Å²) in [6, 6.07) is 2.08. The van der Waals surface area contributed by atoms with Gasteiger partial charge in [0.25, 0.3) is 0 Å². The maximum absolute atomic E-state index is 11.5. The van der Waals surface area contributed by atoms with Crippen LogP contribution in [0.5, 0.6) is 0 Å². The number of ether oxygens (including phenoxy) is 1. The van der Waals surface area contributed by atoms with Crippen LogP contribution >= 0.6 is 11.3 Å². The third-order valence-corrected chi connectivity index (χ3v) is 3.35. The molecule has 1 atom stereocenters. The molecule has 1 heterocycles. The molecule has 4 nitrogen and oxygen atoms in total. The minimum Gasteiger partial charge on any atom is -0.444 e. The fourth-order valence-electron chi connectivity index (χ4n) is 1.61. The van der Waals surface area contributed by atoms with Crippen LogP contribution in [0.25, 0.3) is 0 Å². The topological polar surface area (TPSA) is 58.6 Å². The second-order valence-electron chi connectivity index (χ2n) is 5.60. The van der Waals surface area contributed by atoms with Crippen molar-refractivity contribution in [2.75, 3.05) is 13.2 Å². The Morgan fingerprint density at radius 3 is 2.79 bits per heavy atom. The molecule has 1 aromatic rings. The molecule has 0 aliphatic heterocycles. The van der Waals surface area contributed by atoms with Crippen molar-refractivity contribution in [3.63, 3.8) is 0 Å². The molecule has 0 radical (unpaired) electrons. The lowest BCUT2D eigenvalue weighted by atomic mass is 10.0. The first-order valence-corrected chi connectivity index (χ1v) is 7.44. The molecular weight excluding hydrogens is 262 g/mol. The summed E-state index contributed by atoms with van der Waals surface area (Å²) in [4.78, 5) is 11.5. The van der Waals surface area contributed by atoms with E-state index in [0.717, 1.165) is 12.8 Å². The molecule has 0 aliphatic carbocycles. The van der Waals surface area contributed by atoms with Gasteiger partial charge in [-0.25, -0.2) is 4.79 Å². The second kappa shape index (κ2) is 7.50. The number of aryl methyl sites for hydroxylation is 1. The molecule has 1 amide bonds. The van der Waals surface area contributed by atoms with Crippen LogP contribution in [0.1, 0.15) is 32.8 Å². The molecular formula is C14H23NO3S. The summed E-state index contributed by atoms with van der Waals surface area (Å²) in [5, 5.41) is 16.2. The Hall–Kier alpha value is -1.07. The van der Waals surface area contributed by atoms with E-state index in [9.17, 15) is 9.90 Å². The van der Waals surface area contributed by atoms with Gasteiger partial charge >= 0.3 is 6.09 Å². The molecule has 0 saturated carbocycles. The number of hydrogen-bond acceptors (Lipinski definition) is 4. The molecule has 19 heavy (non-hydrogen) atoms. The number of amides is 1. The quantitative estimate of drug-likeness (QED) is 0.845. The van der Waals surface area contributed by atoms with Crippen LogP contribution in [0.2, 0.25) is 0 Å². The van der Waals surface area contributed by atoms with Crippen molar-refractivity contribution in [3.8, 4) is 0 Å². The van der Waals surface area contributed by atoms with Crippen molar-refractivity contribution in [1.29, 1.82) is 0 Å². The Morgan fingerprint density at radius 2 is 2.26 bits per heavy atom. The number of alkyl carbamates (subject to hydrolysis) is 1. The number of thiophene rings is 1. The van der Waals surface area contributed by atoms with E-state index in [-0.39, 0.29) is 12.5 Å². The van der Waals surface area contributed by atoms with Gasteiger partial charge in [-0.1, -0.05) is 0 Å². The van der Waals surface area contributed by atoms with Crippen LogP contribution < -0.4 is 5.32 Å². The Balaban J connectivity index is 2.26. The van der Waals surface area contributed by atoms with Gasteiger partial charge in [-0.3, -0.25) is 0 Å². The standard InChI is InChI=1S/C14H23NO3S/c1-14(2,3)18-13(17)15-8-12(9-16)5-4-11-6-7-19-10-11/h6-7,10,12,16H,4-5,8-9H2,1-3H3,(H,15,17). The number of rotatable bonds is 6. The number of aliphatic hydroxyl groups excluding tert-OH is 1. The van der Waals surface area contributed by atoms with Gasteiger partial charge in [0.15, 0.2) is 0 Å². The molecule has 108 valence electrons. The molecule has 0 aromatic carbocycles. The highest BCUT2D eigenvalue weighted by molar-refractivity contribution is 7.07. The van der Waals surface area contributed by atoms with Crippen molar-refractivity contribution >= 4 is 17.4 Å². The van der Waals surface area contributed by atoms with Gasteiger partial charge in [0.05, 0.1) is 0 Å². The van der Waals surface area contributed by atoms with E-state index in [2.05, 4.69) is 16.8 Å². The second-order valence-corrected chi connectivity index (χ2v) is 6.38. The summed E-state index contributed by atoms with van der Waals surface area (Å²) in [5.41, 5.74) is 0.788. The maximum atomic E-state index is 11.5. The summed E-state index contributed by atoms with van der Waals surface area (Å²) in [5.74, 6) is 0.0624. The van der Waals surface area contributed by atoms with Crippen molar-refractivity contribution in [2.24, 2.45) is 5.92 Å². The predicted octanol–water partition coefficient (Wildman–Crippen LogP) is 2.81. The van der Waals surface area contributed by atoms with Gasteiger partial charge < -0.3 is 15.2 Å².